The molecule has 0 aliphatic rings. The maximum Gasteiger partial charge on any atom is 0.243 e. The predicted octanol–water partition coefficient (Wildman–Crippen LogP) is 0.508. The van der Waals surface area contributed by atoms with Crippen molar-refractivity contribution in [3.63, 3.8) is 0 Å². The average Bonchev–Trinajstić information content (AvgIpc) is 2.98. The smallest absolute Gasteiger partial charge is 0.243 e. The van der Waals surface area contributed by atoms with Crippen LogP contribution in [0.4, 0.5) is 0 Å². The van der Waals surface area contributed by atoms with Gasteiger partial charge in [-0.3, -0.25) is 0 Å². The molecule has 0 atom stereocenters. The van der Waals surface area contributed by atoms with E-state index < -0.39 is 10.0 Å². The molecule has 2 aromatic rings. The topological polar surface area (TPSA) is 99.2 Å². The van der Waals surface area contributed by atoms with E-state index in [9.17, 15) is 8.42 Å². The summed E-state index contributed by atoms with van der Waals surface area (Å²) in [5.41, 5.74) is 6.01. The Morgan fingerprint density at radius 3 is 2.86 bits per heavy atom. The van der Waals surface area contributed by atoms with Crippen molar-refractivity contribution in [3.05, 3.63) is 36.7 Å². The Bertz CT molecular complexity index is 697. The molecule has 8 heteroatoms. The average molecular weight is 310 g/mol. The van der Waals surface area contributed by atoms with Crippen LogP contribution in [0.2, 0.25) is 0 Å². The minimum absolute atomic E-state index is 0.102. The quantitative estimate of drug-likeness (QED) is 0.726. The lowest BCUT2D eigenvalue weighted by molar-refractivity contribution is 0.411. The zero-order chi connectivity index (χ0) is 15.3. The van der Waals surface area contributed by atoms with Gasteiger partial charge >= 0.3 is 0 Å². The molecule has 0 saturated carbocycles. The van der Waals surface area contributed by atoms with Crippen molar-refractivity contribution in [2.24, 2.45) is 5.73 Å². The summed E-state index contributed by atoms with van der Waals surface area (Å²) in [4.78, 5) is 0.102. The lowest BCUT2D eigenvalue weighted by Gasteiger charge is -2.07. The van der Waals surface area contributed by atoms with Crippen molar-refractivity contribution in [2.75, 3.05) is 20.2 Å². The fraction of sp³-hybridized carbons (Fsp3) is 0.308. The molecule has 0 amide bonds. The number of sulfonamides is 1. The summed E-state index contributed by atoms with van der Waals surface area (Å²) >= 11 is 0. The number of aromatic nitrogens is 2. The predicted molar refractivity (Wildman–Crippen MR) is 79.0 cm³/mol. The summed E-state index contributed by atoms with van der Waals surface area (Å²) in [5.74, 6) is 0.612. The monoisotopic (exact) mass is 310 g/mol. The zero-order valence-electron chi connectivity index (χ0n) is 11.7. The van der Waals surface area contributed by atoms with E-state index in [0.29, 0.717) is 30.9 Å². The van der Waals surface area contributed by atoms with E-state index in [-0.39, 0.29) is 4.90 Å². The van der Waals surface area contributed by atoms with Gasteiger partial charge in [-0.2, -0.15) is 5.10 Å². The number of hydrogen-bond acceptors (Lipinski definition) is 5. The standard InChI is InChI=1S/C13H18N4O3S/c1-20-13-6-3-2-5-12(13)17-10-11(9-15-17)21(18,19)16-8-4-7-14/h2-3,5-6,9-10,16H,4,7-8,14H2,1H3. The van der Waals surface area contributed by atoms with Crippen molar-refractivity contribution in [3.8, 4) is 11.4 Å². The van der Waals surface area contributed by atoms with Crippen LogP contribution in [-0.2, 0) is 10.0 Å². The van der Waals surface area contributed by atoms with Gasteiger partial charge in [0.05, 0.1) is 19.5 Å². The Morgan fingerprint density at radius 2 is 2.14 bits per heavy atom. The van der Waals surface area contributed by atoms with Crippen LogP contribution in [-0.4, -0.2) is 38.4 Å². The number of methoxy groups -OCH3 is 1. The fourth-order valence-corrected chi connectivity index (χ4v) is 2.79. The maximum absolute atomic E-state index is 12.1. The van der Waals surface area contributed by atoms with E-state index in [1.54, 1.807) is 19.2 Å². The number of nitrogens with one attached hydrogen (secondary N) is 1. The molecule has 0 saturated heterocycles. The lowest BCUT2D eigenvalue weighted by atomic mass is 10.3. The summed E-state index contributed by atoms with van der Waals surface area (Å²) in [7, 11) is -2.02. The summed E-state index contributed by atoms with van der Waals surface area (Å²) in [6.07, 6.45) is 3.33. The normalized spacial score (nSPS) is 11.5. The van der Waals surface area contributed by atoms with Gasteiger partial charge in [-0.05, 0) is 25.1 Å². The first-order valence-electron chi connectivity index (χ1n) is 6.46. The van der Waals surface area contributed by atoms with E-state index in [4.69, 9.17) is 10.5 Å². The van der Waals surface area contributed by atoms with Crippen LogP contribution in [0.3, 0.4) is 0 Å². The number of ether oxygens (including phenoxy) is 1. The molecule has 7 nitrogen and oxygen atoms in total. The summed E-state index contributed by atoms with van der Waals surface area (Å²) in [6, 6.07) is 7.24. The molecular weight excluding hydrogens is 292 g/mol. The van der Waals surface area contributed by atoms with E-state index in [2.05, 4.69) is 9.82 Å². The van der Waals surface area contributed by atoms with Crippen LogP contribution in [0.25, 0.3) is 5.69 Å². The molecule has 0 aliphatic heterocycles. The van der Waals surface area contributed by atoms with Gasteiger partial charge in [0.1, 0.15) is 16.3 Å². The van der Waals surface area contributed by atoms with E-state index >= 15 is 0 Å². The summed E-state index contributed by atoms with van der Waals surface area (Å²) in [5, 5.41) is 4.08. The van der Waals surface area contributed by atoms with Gasteiger partial charge in [-0.1, -0.05) is 12.1 Å². The molecule has 0 spiro atoms. The third-order valence-electron chi connectivity index (χ3n) is 2.87. The molecule has 0 aliphatic carbocycles. The van der Waals surface area contributed by atoms with Gasteiger partial charge in [0.2, 0.25) is 10.0 Å². The third-order valence-corrected chi connectivity index (χ3v) is 4.29. The van der Waals surface area contributed by atoms with E-state index in [1.165, 1.54) is 17.1 Å². The molecule has 2 rings (SSSR count). The minimum Gasteiger partial charge on any atom is -0.494 e. The Labute approximate surface area is 123 Å². The van der Waals surface area contributed by atoms with Crippen LogP contribution in [0.1, 0.15) is 6.42 Å². The number of nitrogens with two attached hydrogens (primary N) is 1. The Balaban J connectivity index is 2.25. The Morgan fingerprint density at radius 1 is 1.38 bits per heavy atom. The van der Waals surface area contributed by atoms with Crippen LogP contribution in [0.15, 0.2) is 41.6 Å². The number of nitrogens with zero attached hydrogens (tertiary/aromatic N) is 2. The highest BCUT2D eigenvalue weighted by Crippen LogP contribution is 2.22. The number of para-hydroxylation sites is 2. The first kappa shape index (κ1) is 15.5. The number of rotatable bonds is 7. The number of hydrogen-bond donors (Lipinski definition) is 2. The van der Waals surface area contributed by atoms with E-state index in [0.717, 1.165) is 0 Å². The largest absolute Gasteiger partial charge is 0.494 e. The first-order chi connectivity index (χ1) is 10.1. The molecule has 0 unspecified atom stereocenters. The highest BCUT2D eigenvalue weighted by atomic mass is 32.2. The highest BCUT2D eigenvalue weighted by molar-refractivity contribution is 7.89. The first-order valence-corrected chi connectivity index (χ1v) is 7.94. The molecule has 1 aromatic carbocycles. The molecule has 21 heavy (non-hydrogen) atoms. The molecule has 1 heterocycles. The van der Waals surface area contributed by atoms with Gasteiger partial charge in [0.15, 0.2) is 0 Å². The maximum atomic E-state index is 12.1. The molecule has 0 fully saturated rings. The van der Waals surface area contributed by atoms with Crippen LogP contribution >= 0.6 is 0 Å². The Hall–Kier alpha value is -1.90. The van der Waals surface area contributed by atoms with Crippen LogP contribution in [0, 0.1) is 0 Å². The third kappa shape index (κ3) is 3.60. The summed E-state index contributed by atoms with van der Waals surface area (Å²) in [6.45, 7) is 0.738. The number of benzene rings is 1. The van der Waals surface area contributed by atoms with Gasteiger partial charge in [-0.15, -0.1) is 0 Å². The SMILES string of the molecule is COc1ccccc1-n1cc(S(=O)(=O)NCCCN)cn1. The van der Waals surface area contributed by atoms with E-state index in [1.807, 2.05) is 12.1 Å². The van der Waals surface area contributed by atoms with Gasteiger partial charge in [-0.25, -0.2) is 17.8 Å². The minimum atomic E-state index is -3.57. The van der Waals surface area contributed by atoms with Crippen molar-refractivity contribution in [1.82, 2.24) is 14.5 Å². The second kappa shape index (κ2) is 6.70. The van der Waals surface area contributed by atoms with Crippen LogP contribution in [0.5, 0.6) is 5.75 Å². The molecule has 114 valence electrons. The molecule has 0 bridgehead atoms. The molecule has 3 N–H and O–H groups in total. The Kier molecular flexibility index (Phi) is 4.94. The van der Waals surface area contributed by atoms with Crippen molar-refractivity contribution < 1.29 is 13.2 Å². The van der Waals surface area contributed by atoms with Gasteiger partial charge < -0.3 is 10.5 Å². The van der Waals surface area contributed by atoms with Gasteiger partial charge in [0, 0.05) is 6.54 Å². The zero-order valence-corrected chi connectivity index (χ0v) is 12.5. The second-order valence-electron chi connectivity index (χ2n) is 4.33. The summed E-state index contributed by atoms with van der Waals surface area (Å²) < 4.78 is 33.3. The van der Waals surface area contributed by atoms with Gasteiger partial charge in [0.25, 0.3) is 0 Å². The van der Waals surface area contributed by atoms with Crippen molar-refractivity contribution in [1.29, 1.82) is 0 Å². The van der Waals surface area contributed by atoms with Crippen LogP contribution < -0.4 is 15.2 Å². The van der Waals surface area contributed by atoms with Crippen molar-refractivity contribution >= 4 is 10.0 Å². The molecular formula is C13H18N4O3S. The second-order valence-corrected chi connectivity index (χ2v) is 6.10. The molecule has 0 radical (unpaired) electrons. The lowest BCUT2D eigenvalue weighted by Crippen LogP contribution is -2.25. The fourth-order valence-electron chi connectivity index (χ4n) is 1.79. The highest BCUT2D eigenvalue weighted by Gasteiger charge is 2.17. The molecule has 1 aromatic heterocycles. The van der Waals surface area contributed by atoms with Crippen molar-refractivity contribution in [2.45, 2.75) is 11.3 Å².